The van der Waals surface area contributed by atoms with Gasteiger partial charge in [-0.2, -0.15) is 10.2 Å². The number of carbonyl (C=O) groups is 1. The van der Waals surface area contributed by atoms with E-state index in [9.17, 15) is 20.1 Å². The molecule has 24 heavy (non-hydrogen) atoms. The van der Waals surface area contributed by atoms with Crippen molar-refractivity contribution in [2.24, 2.45) is 0 Å². The standard InChI is InChI=1S/C14H10Cl2N4O4/c1-7-2-3-8(20(23)24)4-12(7)18-14(21)17-11-5-9(15)10(16)6-13(11)19(18)22/h2-6,22H,1H3,(H,17,21). The van der Waals surface area contributed by atoms with E-state index >= 15 is 0 Å². The zero-order valence-corrected chi connectivity index (χ0v) is 13.7. The number of carbonyl (C=O) groups excluding carboxylic acids is 1. The van der Waals surface area contributed by atoms with Crippen LogP contribution >= 0.6 is 23.2 Å². The first kappa shape index (κ1) is 16.3. The van der Waals surface area contributed by atoms with E-state index in [1.807, 2.05) is 0 Å². The number of aryl methyl sites for hydroxylation is 1. The number of halogens is 2. The second kappa shape index (κ2) is 5.82. The van der Waals surface area contributed by atoms with Gasteiger partial charge in [0.05, 0.1) is 26.3 Å². The van der Waals surface area contributed by atoms with Crippen molar-refractivity contribution in [2.75, 3.05) is 15.5 Å². The molecule has 2 amide bonds. The highest BCUT2D eigenvalue weighted by Crippen LogP contribution is 2.39. The summed E-state index contributed by atoms with van der Waals surface area (Å²) in [6.45, 7) is 1.66. The van der Waals surface area contributed by atoms with Gasteiger partial charge in [-0.05, 0) is 24.6 Å². The molecule has 10 heteroatoms. The number of anilines is 3. The first-order valence-electron chi connectivity index (χ1n) is 6.63. The van der Waals surface area contributed by atoms with Crippen LogP contribution in [0.25, 0.3) is 0 Å². The van der Waals surface area contributed by atoms with Crippen molar-refractivity contribution < 1.29 is 14.9 Å². The Morgan fingerprint density at radius 1 is 1.17 bits per heavy atom. The maximum absolute atomic E-state index is 12.4. The summed E-state index contributed by atoms with van der Waals surface area (Å²) in [4.78, 5) is 22.7. The van der Waals surface area contributed by atoms with Crippen LogP contribution in [0.5, 0.6) is 0 Å². The number of rotatable bonds is 2. The van der Waals surface area contributed by atoms with Gasteiger partial charge in [-0.15, -0.1) is 0 Å². The van der Waals surface area contributed by atoms with Gasteiger partial charge in [-0.1, -0.05) is 29.3 Å². The monoisotopic (exact) mass is 368 g/mol. The quantitative estimate of drug-likeness (QED) is 0.605. The lowest BCUT2D eigenvalue weighted by atomic mass is 10.1. The fraction of sp³-hybridized carbons (Fsp3) is 0.0714. The molecule has 1 aliphatic rings. The molecule has 8 nitrogen and oxygen atoms in total. The van der Waals surface area contributed by atoms with Crippen LogP contribution in [0.15, 0.2) is 30.3 Å². The van der Waals surface area contributed by atoms with E-state index in [2.05, 4.69) is 5.32 Å². The minimum absolute atomic E-state index is 0.154. The largest absolute Gasteiger partial charge is 0.347 e. The van der Waals surface area contributed by atoms with Crippen molar-refractivity contribution in [3.05, 3.63) is 56.1 Å². The molecule has 2 N–H and O–H groups in total. The molecule has 0 aliphatic carbocycles. The number of benzene rings is 2. The molecule has 0 atom stereocenters. The Morgan fingerprint density at radius 3 is 2.50 bits per heavy atom. The highest BCUT2D eigenvalue weighted by atomic mass is 35.5. The summed E-state index contributed by atoms with van der Waals surface area (Å²) in [5.41, 5.74) is 0.933. The fourth-order valence-corrected chi connectivity index (χ4v) is 2.64. The number of non-ortho nitro benzene ring substituents is 1. The Hall–Kier alpha value is -2.55. The van der Waals surface area contributed by atoms with Gasteiger partial charge < -0.3 is 5.32 Å². The van der Waals surface area contributed by atoms with E-state index in [4.69, 9.17) is 23.2 Å². The molecule has 2 aromatic rings. The van der Waals surface area contributed by atoms with Crippen molar-refractivity contribution in [2.45, 2.75) is 6.92 Å². The van der Waals surface area contributed by atoms with Crippen molar-refractivity contribution >= 4 is 52.0 Å². The van der Waals surface area contributed by atoms with Gasteiger partial charge in [0.1, 0.15) is 5.69 Å². The second-order valence-electron chi connectivity index (χ2n) is 5.04. The SMILES string of the molecule is Cc1ccc([N+](=O)[O-])cc1N1C(=O)Nc2cc(Cl)c(Cl)cc2N1O. The predicted molar refractivity (Wildman–Crippen MR) is 90.1 cm³/mol. The number of nitro benzene ring substituents is 1. The van der Waals surface area contributed by atoms with Gasteiger partial charge in [-0.25, -0.2) is 4.79 Å². The molecule has 0 saturated carbocycles. The van der Waals surface area contributed by atoms with E-state index in [0.29, 0.717) is 10.7 Å². The molecule has 0 aromatic heterocycles. The number of urea groups is 1. The Kier molecular flexibility index (Phi) is 3.96. The van der Waals surface area contributed by atoms with Crippen LogP contribution in [-0.2, 0) is 0 Å². The molecule has 2 aromatic carbocycles. The van der Waals surface area contributed by atoms with Crippen LogP contribution < -0.4 is 15.5 Å². The van der Waals surface area contributed by atoms with Crippen molar-refractivity contribution in [3.8, 4) is 0 Å². The van der Waals surface area contributed by atoms with Crippen molar-refractivity contribution in [1.29, 1.82) is 0 Å². The van der Waals surface area contributed by atoms with Crippen LogP contribution in [0.2, 0.25) is 10.0 Å². The lowest BCUT2D eigenvalue weighted by molar-refractivity contribution is -0.384. The number of hydrogen-bond acceptors (Lipinski definition) is 5. The molecule has 1 heterocycles. The normalized spacial score (nSPS) is 13.6. The molecule has 0 saturated heterocycles. The summed E-state index contributed by atoms with van der Waals surface area (Å²) in [5.74, 6) is 0. The molecule has 0 radical (unpaired) electrons. The minimum Gasteiger partial charge on any atom is -0.304 e. The average molecular weight is 369 g/mol. The number of fused-ring (bicyclic) bond motifs is 1. The Morgan fingerprint density at radius 2 is 1.83 bits per heavy atom. The van der Waals surface area contributed by atoms with Gasteiger partial charge in [0.2, 0.25) is 0 Å². The Labute approximate surface area is 145 Å². The summed E-state index contributed by atoms with van der Waals surface area (Å²) >= 11 is 11.9. The van der Waals surface area contributed by atoms with E-state index < -0.39 is 11.0 Å². The van der Waals surface area contributed by atoms with E-state index in [-0.39, 0.29) is 32.8 Å². The lowest BCUT2D eigenvalue weighted by Gasteiger charge is -2.36. The Balaban J connectivity index is 2.12. The van der Waals surface area contributed by atoms with Crippen LogP contribution in [0.4, 0.5) is 27.5 Å². The van der Waals surface area contributed by atoms with E-state index in [1.165, 1.54) is 30.3 Å². The molecule has 0 fully saturated rings. The predicted octanol–water partition coefficient (Wildman–Crippen LogP) is 4.37. The number of nitrogens with zero attached hydrogens (tertiary/aromatic N) is 3. The molecule has 3 rings (SSSR count). The highest BCUT2D eigenvalue weighted by molar-refractivity contribution is 6.42. The van der Waals surface area contributed by atoms with Crippen LogP contribution in [0.3, 0.4) is 0 Å². The number of nitrogens with one attached hydrogen (secondary N) is 1. The summed E-state index contributed by atoms with van der Waals surface area (Å²) in [7, 11) is 0. The molecule has 0 unspecified atom stereocenters. The number of amides is 2. The van der Waals surface area contributed by atoms with E-state index in [0.717, 1.165) is 5.01 Å². The molecule has 0 bridgehead atoms. The topological polar surface area (TPSA) is 99.0 Å². The van der Waals surface area contributed by atoms with Crippen molar-refractivity contribution in [3.63, 3.8) is 0 Å². The number of nitro groups is 1. The number of hydrazine groups is 1. The van der Waals surface area contributed by atoms with Crippen LogP contribution in [0.1, 0.15) is 5.56 Å². The molecule has 1 aliphatic heterocycles. The fourth-order valence-electron chi connectivity index (χ4n) is 2.31. The maximum Gasteiger partial charge on any atom is 0.347 e. The Bertz CT molecular complexity index is 874. The molecular formula is C14H10Cl2N4O4. The van der Waals surface area contributed by atoms with Crippen molar-refractivity contribution in [1.82, 2.24) is 0 Å². The maximum atomic E-state index is 12.4. The average Bonchev–Trinajstić information content (AvgIpc) is 2.51. The third-order valence-corrected chi connectivity index (χ3v) is 4.23. The van der Waals surface area contributed by atoms with Gasteiger partial charge in [-0.3, -0.25) is 15.3 Å². The minimum atomic E-state index is -0.702. The third-order valence-electron chi connectivity index (χ3n) is 3.51. The molecular weight excluding hydrogens is 359 g/mol. The van der Waals surface area contributed by atoms with Crippen LogP contribution in [-0.4, -0.2) is 16.2 Å². The summed E-state index contributed by atoms with van der Waals surface area (Å²) < 4.78 is 0. The summed E-state index contributed by atoms with van der Waals surface area (Å²) in [5, 5.41) is 25.8. The number of hydrogen-bond donors (Lipinski definition) is 2. The highest BCUT2D eigenvalue weighted by Gasteiger charge is 2.33. The second-order valence-corrected chi connectivity index (χ2v) is 5.86. The van der Waals surface area contributed by atoms with Gasteiger partial charge in [0.15, 0.2) is 0 Å². The van der Waals surface area contributed by atoms with Gasteiger partial charge in [0, 0.05) is 12.1 Å². The molecule has 124 valence electrons. The third kappa shape index (κ3) is 2.60. The lowest BCUT2D eigenvalue weighted by Crippen LogP contribution is -2.51. The van der Waals surface area contributed by atoms with Gasteiger partial charge in [0.25, 0.3) is 5.69 Å². The molecule has 0 spiro atoms. The zero-order valence-electron chi connectivity index (χ0n) is 12.2. The first-order chi connectivity index (χ1) is 11.3. The van der Waals surface area contributed by atoms with Gasteiger partial charge >= 0.3 is 6.03 Å². The smallest absolute Gasteiger partial charge is 0.304 e. The van der Waals surface area contributed by atoms with E-state index in [1.54, 1.807) is 6.92 Å². The summed E-state index contributed by atoms with van der Waals surface area (Å²) in [6, 6.07) is 6.06. The zero-order chi connectivity index (χ0) is 17.6. The first-order valence-corrected chi connectivity index (χ1v) is 7.39. The summed E-state index contributed by atoms with van der Waals surface area (Å²) in [6.07, 6.45) is 0. The van der Waals surface area contributed by atoms with Crippen LogP contribution in [0, 0.1) is 17.0 Å².